The second kappa shape index (κ2) is 11.8. The van der Waals surface area contributed by atoms with Crippen molar-refractivity contribution in [1.29, 1.82) is 0 Å². The number of aliphatic imine (C=N–C) groups is 1. The molecule has 1 unspecified atom stereocenters. The molecule has 0 spiro atoms. The molecule has 1 saturated heterocycles. The molecule has 0 aromatic heterocycles. The number of anilines is 1. The van der Waals surface area contributed by atoms with Crippen LogP contribution in [0, 0.1) is 11.6 Å². The summed E-state index contributed by atoms with van der Waals surface area (Å²) in [5, 5.41) is 6.70. The third-order valence-electron chi connectivity index (χ3n) is 4.07. The van der Waals surface area contributed by atoms with E-state index < -0.39 is 11.6 Å². The highest BCUT2D eigenvalue weighted by Crippen LogP contribution is 2.24. The Labute approximate surface area is 170 Å². The topological polar surface area (TPSA) is 39.7 Å². The highest BCUT2D eigenvalue weighted by atomic mass is 127. The fourth-order valence-corrected chi connectivity index (χ4v) is 3.29. The molecule has 1 aromatic carbocycles. The van der Waals surface area contributed by atoms with Crippen molar-refractivity contribution in [3.8, 4) is 0 Å². The quantitative estimate of drug-likeness (QED) is 0.269. The van der Waals surface area contributed by atoms with Gasteiger partial charge in [-0.05, 0) is 43.4 Å². The van der Waals surface area contributed by atoms with Crippen LogP contribution in [0.3, 0.4) is 0 Å². The van der Waals surface area contributed by atoms with Gasteiger partial charge in [-0.3, -0.25) is 4.99 Å². The van der Waals surface area contributed by atoms with Crippen LogP contribution in [0.4, 0.5) is 14.5 Å². The van der Waals surface area contributed by atoms with Crippen LogP contribution in [0.5, 0.6) is 0 Å². The lowest BCUT2D eigenvalue weighted by molar-refractivity contribution is 0.580. The lowest BCUT2D eigenvalue weighted by atomic mass is 10.2. The molecular weight excluding hydrogens is 457 g/mol. The molecule has 1 aromatic rings. The Morgan fingerprint density at radius 1 is 1.36 bits per heavy atom. The van der Waals surface area contributed by atoms with E-state index in [2.05, 4.69) is 21.9 Å². The molecule has 1 aliphatic heterocycles. The Balaban J connectivity index is 0.00000312. The predicted octanol–water partition coefficient (Wildman–Crippen LogP) is 3.47. The van der Waals surface area contributed by atoms with E-state index in [0.717, 1.165) is 38.0 Å². The average molecular weight is 484 g/mol. The van der Waals surface area contributed by atoms with Crippen LogP contribution in [0.25, 0.3) is 0 Å². The lowest BCUT2D eigenvalue weighted by Crippen LogP contribution is -2.44. The summed E-state index contributed by atoms with van der Waals surface area (Å²) in [5.41, 5.74) is 0.459. The van der Waals surface area contributed by atoms with E-state index in [-0.39, 0.29) is 30.0 Å². The molecule has 1 atom stereocenters. The number of benzene rings is 1. The first-order chi connectivity index (χ1) is 11.6. The Morgan fingerprint density at radius 2 is 2.16 bits per heavy atom. The van der Waals surface area contributed by atoms with Crippen LogP contribution < -0.4 is 15.5 Å². The van der Waals surface area contributed by atoms with Gasteiger partial charge in [0.15, 0.2) is 5.96 Å². The fourth-order valence-electron chi connectivity index (χ4n) is 2.80. The van der Waals surface area contributed by atoms with Crippen LogP contribution in [0.1, 0.15) is 19.3 Å². The number of thioether (sulfide) groups is 1. The maximum absolute atomic E-state index is 13.9. The van der Waals surface area contributed by atoms with Crippen LogP contribution in [0.2, 0.25) is 0 Å². The van der Waals surface area contributed by atoms with Gasteiger partial charge in [0.25, 0.3) is 0 Å². The molecule has 2 rings (SSSR count). The summed E-state index contributed by atoms with van der Waals surface area (Å²) >= 11 is 1.86. The molecule has 0 bridgehead atoms. The Hall–Kier alpha value is -0.770. The molecule has 1 heterocycles. The van der Waals surface area contributed by atoms with Gasteiger partial charge in [-0.2, -0.15) is 11.8 Å². The number of nitrogens with zero attached hydrogens (tertiary/aromatic N) is 2. The number of nitrogens with one attached hydrogen (secondary N) is 2. The minimum atomic E-state index is -0.545. The van der Waals surface area contributed by atoms with E-state index >= 15 is 0 Å². The normalized spacial score (nSPS) is 17.4. The number of hydrogen-bond acceptors (Lipinski definition) is 3. The third kappa shape index (κ3) is 7.16. The van der Waals surface area contributed by atoms with Gasteiger partial charge in [-0.1, -0.05) is 0 Å². The Morgan fingerprint density at radius 3 is 2.84 bits per heavy atom. The van der Waals surface area contributed by atoms with Crippen molar-refractivity contribution < 1.29 is 8.78 Å². The van der Waals surface area contributed by atoms with Crippen LogP contribution in [-0.2, 0) is 0 Å². The Kier molecular flexibility index (Phi) is 10.5. The largest absolute Gasteiger partial charge is 0.367 e. The Bertz CT molecular complexity index is 559. The van der Waals surface area contributed by atoms with Crippen LogP contribution in [0.15, 0.2) is 23.2 Å². The van der Waals surface area contributed by atoms with Gasteiger partial charge in [-0.15, -0.1) is 24.0 Å². The fraction of sp³-hybridized carbons (Fsp3) is 0.588. The van der Waals surface area contributed by atoms with Crippen molar-refractivity contribution in [2.45, 2.75) is 25.3 Å². The number of guanidine groups is 1. The van der Waals surface area contributed by atoms with E-state index in [0.29, 0.717) is 12.2 Å². The molecule has 2 N–H and O–H groups in total. The molecule has 8 heteroatoms. The van der Waals surface area contributed by atoms with Crippen LogP contribution >= 0.6 is 35.7 Å². The predicted molar refractivity (Wildman–Crippen MR) is 115 cm³/mol. The molecule has 1 fully saturated rings. The van der Waals surface area contributed by atoms with E-state index in [1.165, 1.54) is 24.3 Å². The van der Waals surface area contributed by atoms with Crippen molar-refractivity contribution >= 4 is 47.4 Å². The number of hydrogen-bond donors (Lipinski definition) is 2. The smallest absolute Gasteiger partial charge is 0.191 e. The van der Waals surface area contributed by atoms with Crippen LogP contribution in [-0.4, -0.2) is 50.7 Å². The van der Waals surface area contributed by atoms with Gasteiger partial charge in [0.05, 0.1) is 5.69 Å². The highest BCUT2D eigenvalue weighted by molar-refractivity contribution is 14.0. The van der Waals surface area contributed by atoms with Gasteiger partial charge in [-0.25, -0.2) is 8.78 Å². The summed E-state index contributed by atoms with van der Waals surface area (Å²) in [7, 11) is 1.75. The molecule has 4 nitrogen and oxygen atoms in total. The summed E-state index contributed by atoms with van der Waals surface area (Å²) in [6.07, 6.45) is 5.30. The SMILES string of the molecule is CN=C(NCCCCSC)NC1CCN(c2ccc(F)cc2F)C1.I. The van der Waals surface area contributed by atoms with Crippen molar-refractivity contribution in [3.05, 3.63) is 29.8 Å². The molecular formula is C17H27F2IN4S. The molecule has 1 aliphatic rings. The van der Waals surface area contributed by atoms with E-state index in [1.807, 2.05) is 16.7 Å². The monoisotopic (exact) mass is 484 g/mol. The zero-order valence-electron chi connectivity index (χ0n) is 14.7. The summed E-state index contributed by atoms with van der Waals surface area (Å²) in [6, 6.07) is 3.94. The van der Waals surface area contributed by atoms with Crippen molar-refractivity contribution in [1.82, 2.24) is 10.6 Å². The maximum Gasteiger partial charge on any atom is 0.191 e. The molecule has 0 aliphatic carbocycles. The summed E-state index contributed by atoms with van der Waals surface area (Å²) in [6.45, 7) is 2.31. The molecule has 0 saturated carbocycles. The third-order valence-corrected chi connectivity index (χ3v) is 4.77. The van der Waals surface area contributed by atoms with E-state index in [4.69, 9.17) is 0 Å². The van der Waals surface area contributed by atoms with Crippen molar-refractivity contribution in [2.75, 3.05) is 43.6 Å². The molecule has 142 valence electrons. The molecule has 25 heavy (non-hydrogen) atoms. The first-order valence-electron chi connectivity index (χ1n) is 8.30. The summed E-state index contributed by atoms with van der Waals surface area (Å²) < 4.78 is 26.9. The van der Waals surface area contributed by atoms with Gasteiger partial charge in [0.1, 0.15) is 11.6 Å². The highest BCUT2D eigenvalue weighted by Gasteiger charge is 2.25. The van der Waals surface area contributed by atoms with E-state index in [9.17, 15) is 8.78 Å². The minimum Gasteiger partial charge on any atom is -0.367 e. The number of unbranched alkanes of at least 4 members (excludes halogenated alkanes) is 1. The summed E-state index contributed by atoms with van der Waals surface area (Å²) in [5.74, 6) is 0.905. The van der Waals surface area contributed by atoms with Gasteiger partial charge in [0, 0.05) is 38.8 Å². The lowest BCUT2D eigenvalue weighted by Gasteiger charge is -2.21. The zero-order valence-corrected chi connectivity index (χ0v) is 17.9. The zero-order chi connectivity index (χ0) is 17.4. The van der Waals surface area contributed by atoms with Crippen molar-refractivity contribution in [2.24, 2.45) is 4.99 Å². The summed E-state index contributed by atoms with van der Waals surface area (Å²) in [4.78, 5) is 6.19. The number of rotatable bonds is 7. The second-order valence-corrected chi connectivity index (χ2v) is 6.86. The number of halogens is 3. The van der Waals surface area contributed by atoms with Gasteiger partial charge >= 0.3 is 0 Å². The maximum atomic E-state index is 13.9. The standard InChI is InChI=1S/C17H26F2N4S.HI/c1-20-17(21-8-3-4-10-24-2)22-14-7-9-23(12-14)16-6-5-13(18)11-15(16)19;/h5-6,11,14H,3-4,7-10,12H2,1-2H3,(H2,20,21,22);1H. The molecule has 0 radical (unpaired) electrons. The second-order valence-electron chi connectivity index (χ2n) is 5.87. The van der Waals surface area contributed by atoms with Gasteiger partial charge < -0.3 is 15.5 Å². The van der Waals surface area contributed by atoms with Gasteiger partial charge in [0.2, 0.25) is 0 Å². The first kappa shape index (κ1) is 22.3. The van der Waals surface area contributed by atoms with Crippen molar-refractivity contribution in [3.63, 3.8) is 0 Å². The minimum absolute atomic E-state index is 0. The van der Waals surface area contributed by atoms with E-state index in [1.54, 1.807) is 7.05 Å². The first-order valence-corrected chi connectivity index (χ1v) is 9.69. The molecule has 0 amide bonds. The average Bonchev–Trinajstić information content (AvgIpc) is 3.01.